The zero-order valence-electron chi connectivity index (χ0n) is 9.39. The minimum Gasteiger partial charge on any atom is -0.373 e. The minimum absolute atomic E-state index is 0.240. The van der Waals surface area contributed by atoms with Crippen LogP contribution in [0.1, 0.15) is 16.2 Å². The SMILES string of the molecule is CNc1ccc(C(=O)Nc2nc(C)ns2)cn1. The Kier molecular flexibility index (Phi) is 3.29. The number of pyridine rings is 1. The lowest BCUT2D eigenvalue weighted by Crippen LogP contribution is -2.12. The summed E-state index contributed by atoms with van der Waals surface area (Å²) in [5.74, 6) is 1.12. The molecule has 6 nitrogen and oxygen atoms in total. The predicted molar refractivity (Wildman–Crippen MR) is 66.4 cm³/mol. The Bertz CT molecular complexity index is 522. The maximum absolute atomic E-state index is 11.8. The van der Waals surface area contributed by atoms with Gasteiger partial charge in [0.15, 0.2) is 0 Å². The first kappa shape index (κ1) is 11.5. The molecule has 0 atom stereocenters. The maximum atomic E-state index is 11.8. The number of nitrogens with zero attached hydrogens (tertiary/aromatic N) is 3. The monoisotopic (exact) mass is 249 g/mol. The summed E-state index contributed by atoms with van der Waals surface area (Å²) in [7, 11) is 1.77. The smallest absolute Gasteiger partial charge is 0.259 e. The van der Waals surface area contributed by atoms with Gasteiger partial charge in [-0.3, -0.25) is 10.1 Å². The van der Waals surface area contributed by atoms with Crippen molar-refractivity contribution in [3.63, 3.8) is 0 Å². The van der Waals surface area contributed by atoms with Gasteiger partial charge in [-0.2, -0.15) is 4.37 Å². The molecule has 2 heterocycles. The molecule has 0 radical (unpaired) electrons. The summed E-state index contributed by atoms with van der Waals surface area (Å²) in [6.45, 7) is 1.77. The fourth-order valence-electron chi connectivity index (χ4n) is 1.19. The van der Waals surface area contributed by atoms with Gasteiger partial charge in [-0.15, -0.1) is 0 Å². The van der Waals surface area contributed by atoms with E-state index in [0.717, 1.165) is 11.5 Å². The van der Waals surface area contributed by atoms with Crippen molar-refractivity contribution in [1.29, 1.82) is 0 Å². The second-order valence-electron chi connectivity index (χ2n) is 3.28. The summed E-state index contributed by atoms with van der Waals surface area (Å²) in [6, 6.07) is 3.43. The lowest BCUT2D eigenvalue weighted by atomic mass is 10.2. The molecule has 2 N–H and O–H groups in total. The molecule has 1 amide bonds. The van der Waals surface area contributed by atoms with Gasteiger partial charge in [-0.05, 0) is 19.1 Å². The molecule has 17 heavy (non-hydrogen) atoms. The number of rotatable bonds is 3. The van der Waals surface area contributed by atoms with Gasteiger partial charge in [-0.1, -0.05) is 0 Å². The minimum atomic E-state index is -0.240. The van der Waals surface area contributed by atoms with Gasteiger partial charge in [-0.25, -0.2) is 9.97 Å². The van der Waals surface area contributed by atoms with Crippen LogP contribution in [0.5, 0.6) is 0 Å². The lowest BCUT2D eigenvalue weighted by molar-refractivity contribution is 0.102. The van der Waals surface area contributed by atoms with E-state index in [0.29, 0.717) is 22.3 Å². The Labute approximate surface area is 102 Å². The van der Waals surface area contributed by atoms with Crippen molar-refractivity contribution >= 4 is 28.4 Å². The van der Waals surface area contributed by atoms with Crippen molar-refractivity contribution < 1.29 is 4.79 Å². The second kappa shape index (κ2) is 4.88. The molecule has 0 aliphatic heterocycles. The van der Waals surface area contributed by atoms with E-state index in [1.54, 1.807) is 26.1 Å². The number of aromatic nitrogens is 3. The molecule has 88 valence electrons. The highest BCUT2D eigenvalue weighted by atomic mass is 32.1. The fraction of sp³-hybridized carbons (Fsp3) is 0.200. The van der Waals surface area contributed by atoms with E-state index in [9.17, 15) is 4.79 Å². The van der Waals surface area contributed by atoms with Crippen molar-refractivity contribution in [3.8, 4) is 0 Å². The Morgan fingerprint density at radius 1 is 1.41 bits per heavy atom. The van der Waals surface area contributed by atoms with Gasteiger partial charge in [0.2, 0.25) is 5.13 Å². The summed E-state index contributed by atoms with van der Waals surface area (Å²) >= 11 is 1.15. The summed E-state index contributed by atoms with van der Waals surface area (Å²) in [6.07, 6.45) is 1.51. The number of aryl methyl sites for hydroxylation is 1. The van der Waals surface area contributed by atoms with Crippen LogP contribution in [0.2, 0.25) is 0 Å². The molecule has 2 aromatic rings. The Hall–Kier alpha value is -2.02. The van der Waals surface area contributed by atoms with E-state index in [1.165, 1.54) is 6.20 Å². The summed E-state index contributed by atoms with van der Waals surface area (Å²) in [4.78, 5) is 19.9. The van der Waals surface area contributed by atoms with Crippen LogP contribution in [0, 0.1) is 6.92 Å². The first-order valence-electron chi connectivity index (χ1n) is 4.94. The van der Waals surface area contributed by atoms with Gasteiger partial charge in [0.25, 0.3) is 5.91 Å². The molecule has 0 aromatic carbocycles. The van der Waals surface area contributed by atoms with E-state index >= 15 is 0 Å². The summed E-state index contributed by atoms with van der Waals surface area (Å²) < 4.78 is 3.98. The summed E-state index contributed by atoms with van der Waals surface area (Å²) in [5.41, 5.74) is 0.483. The molecular weight excluding hydrogens is 238 g/mol. The first-order chi connectivity index (χ1) is 8.19. The van der Waals surface area contributed by atoms with Crippen molar-refractivity contribution in [2.45, 2.75) is 6.92 Å². The van der Waals surface area contributed by atoms with E-state index in [-0.39, 0.29) is 5.91 Å². The second-order valence-corrected chi connectivity index (χ2v) is 4.03. The Morgan fingerprint density at radius 3 is 2.76 bits per heavy atom. The molecule has 2 aromatic heterocycles. The largest absolute Gasteiger partial charge is 0.373 e. The average molecular weight is 249 g/mol. The Morgan fingerprint density at radius 2 is 2.24 bits per heavy atom. The number of hydrogen-bond donors (Lipinski definition) is 2. The van der Waals surface area contributed by atoms with Crippen LogP contribution in [0.25, 0.3) is 0 Å². The van der Waals surface area contributed by atoms with Crippen molar-refractivity contribution in [3.05, 3.63) is 29.7 Å². The number of carbonyl (C=O) groups is 1. The van der Waals surface area contributed by atoms with Crippen LogP contribution in [0.3, 0.4) is 0 Å². The van der Waals surface area contributed by atoms with Crippen LogP contribution in [0.4, 0.5) is 10.9 Å². The number of hydrogen-bond acceptors (Lipinski definition) is 6. The van der Waals surface area contributed by atoms with E-state index in [1.807, 2.05) is 0 Å². The third kappa shape index (κ3) is 2.76. The highest BCUT2D eigenvalue weighted by Gasteiger charge is 2.09. The molecule has 0 spiro atoms. The van der Waals surface area contributed by atoms with E-state index in [4.69, 9.17) is 0 Å². The van der Waals surface area contributed by atoms with Crippen LogP contribution in [0.15, 0.2) is 18.3 Å². The highest BCUT2D eigenvalue weighted by molar-refractivity contribution is 7.09. The van der Waals surface area contributed by atoms with E-state index in [2.05, 4.69) is 25.0 Å². The molecule has 7 heteroatoms. The molecule has 2 rings (SSSR count). The van der Waals surface area contributed by atoms with Crippen LogP contribution in [-0.2, 0) is 0 Å². The normalized spacial score (nSPS) is 10.0. The summed E-state index contributed by atoms with van der Waals surface area (Å²) in [5, 5.41) is 6.04. The quantitative estimate of drug-likeness (QED) is 0.862. The lowest BCUT2D eigenvalue weighted by Gasteiger charge is -2.02. The molecule has 0 saturated carbocycles. The fourth-order valence-corrected chi connectivity index (χ4v) is 1.76. The van der Waals surface area contributed by atoms with Gasteiger partial charge in [0.05, 0.1) is 5.56 Å². The van der Waals surface area contributed by atoms with Gasteiger partial charge >= 0.3 is 0 Å². The molecule has 0 aliphatic rings. The zero-order chi connectivity index (χ0) is 12.3. The number of amides is 1. The van der Waals surface area contributed by atoms with Crippen LogP contribution in [-0.4, -0.2) is 27.3 Å². The van der Waals surface area contributed by atoms with Crippen LogP contribution >= 0.6 is 11.5 Å². The Balaban J connectivity index is 2.09. The van der Waals surface area contributed by atoms with E-state index < -0.39 is 0 Å². The molecule has 0 unspecified atom stereocenters. The third-order valence-electron chi connectivity index (χ3n) is 2.03. The predicted octanol–water partition coefficient (Wildman–Crippen LogP) is 1.54. The number of nitrogens with one attached hydrogen (secondary N) is 2. The van der Waals surface area contributed by atoms with Gasteiger partial charge in [0.1, 0.15) is 11.6 Å². The molecule has 0 saturated heterocycles. The zero-order valence-corrected chi connectivity index (χ0v) is 10.2. The number of anilines is 2. The molecule has 0 bridgehead atoms. The highest BCUT2D eigenvalue weighted by Crippen LogP contribution is 2.12. The maximum Gasteiger partial charge on any atom is 0.259 e. The van der Waals surface area contributed by atoms with Gasteiger partial charge < -0.3 is 5.32 Å². The van der Waals surface area contributed by atoms with Crippen molar-refractivity contribution in [1.82, 2.24) is 14.3 Å². The standard InChI is InChI=1S/C10H11N5OS/c1-6-13-10(17-15-6)14-9(16)7-3-4-8(11-2)12-5-7/h3-5H,1-2H3,(H,11,12)(H,13,14,15,16). The third-order valence-corrected chi connectivity index (χ3v) is 2.75. The molecular formula is C10H11N5OS. The molecule has 0 fully saturated rings. The topological polar surface area (TPSA) is 79.8 Å². The molecule has 0 aliphatic carbocycles. The number of carbonyl (C=O) groups excluding carboxylic acids is 1. The van der Waals surface area contributed by atoms with Crippen molar-refractivity contribution in [2.24, 2.45) is 0 Å². The van der Waals surface area contributed by atoms with Gasteiger partial charge in [0, 0.05) is 24.8 Å². The average Bonchev–Trinajstić information content (AvgIpc) is 2.75. The first-order valence-corrected chi connectivity index (χ1v) is 5.72. The van der Waals surface area contributed by atoms with Crippen LogP contribution < -0.4 is 10.6 Å². The van der Waals surface area contributed by atoms with Crippen molar-refractivity contribution in [2.75, 3.05) is 17.7 Å².